The van der Waals surface area contributed by atoms with Crippen LogP contribution in [0.25, 0.3) is 0 Å². The van der Waals surface area contributed by atoms with Gasteiger partial charge in [0.15, 0.2) is 11.6 Å². The summed E-state index contributed by atoms with van der Waals surface area (Å²) in [6.45, 7) is 2.22. The van der Waals surface area contributed by atoms with Gasteiger partial charge in [-0.05, 0) is 60.5 Å². The summed E-state index contributed by atoms with van der Waals surface area (Å²) < 4.78 is 26.1. The fourth-order valence-electron chi connectivity index (χ4n) is 3.01. The summed E-state index contributed by atoms with van der Waals surface area (Å²) in [5.74, 6) is -3.83. The van der Waals surface area contributed by atoms with E-state index in [0.717, 1.165) is 43.6 Å². The monoisotopic (exact) mass is 379 g/mol. The van der Waals surface area contributed by atoms with Crippen molar-refractivity contribution in [2.45, 2.75) is 18.9 Å². The highest BCUT2D eigenvalue weighted by atomic mass is 32.1. The van der Waals surface area contributed by atoms with Crippen molar-refractivity contribution in [1.82, 2.24) is 10.2 Å². The second-order valence-electron chi connectivity index (χ2n) is 6.11. The fourth-order valence-corrected chi connectivity index (χ4v) is 3.71. The number of carbonyl (C=O) groups is 2. The van der Waals surface area contributed by atoms with Crippen molar-refractivity contribution in [2.24, 2.45) is 0 Å². The van der Waals surface area contributed by atoms with Crippen LogP contribution in [0.15, 0.2) is 35.0 Å². The van der Waals surface area contributed by atoms with E-state index >= 15 is 0 Å². The number of nitrogens with zero attached hydrogens (tertiary/aromatic N) is 1. The topological polar surface area (TPSA) is 61.4 Å². The lowest BCUT2D eigenvalue weighted by Gasteiger charge is -2.27. The zero-order valence-electron chi connectivity index (χ0n) is 14.0. The summed E-state index contributed by atoms with van der Waals surface area (Å²) in [6, 6.07) is 4.95. The smallest absolute Gasteiger partial charge is 0.313 e. The molecule has 138 valence electrons. The molecular formula is C18H19F2N3O2S. The lowest BCUT2D eigenvalue weighted by Crippen LogP contribution is -2.41. The summed E-state index contributed by atoms with van der Waals surface area (Å²) in [5, 5.41) is 8.93. The number of rotatable bonds is 5. The van der Waals surface area contributed by atoms with E-state index in [0.29, 0.717) is 6.54 Å². The number of hydrogen-bond acceptors (Lipinski definition) is 4. The lowest BCUT2D eigenvalue weighted by molar-refractivity contribution is -0.136. The van der Waals surface area contributed by atoms with Gasteiger partial charge < -0.3 is 10.6 Å². The van der Waals surface area contributed by atoms with Gasteiger partial charge >= 0.3 is 11.8 Å². The number of hydrogen-bond donors (Lipinski definition) is 2. The van der Waals surface area contributed by atoms with Crippen LogP contribution in [0.4, 0.5) is 14.5 Å². The van der Waals surface area contributed by atoms with Gasteiger partial charge in [-0.15, -0.1) is 0 Å². The number of thiophene rings is 1. The van der Waals surface area contributed by atoms with Crippen molar-refractivity contribution < 1.29 is 18.4 Å². The summed E-state index contributed by atoms with van der Waals surface area (Å²) in [6.07, 6.45) is 2.23. The van der Waals surface area contributed by atoms with Crippen LogP contribution >= 0.6 is 11.3 Å². The molecule has 1 aromatic heterocycles. The summed E-state index contributed by atoms with van der Waals surface area (Å²) >= 11 is 1.59. The van der Waals surface area contributed by atoms with Crippen molar-refractivity contribution in [3.63, 3.8) is 0 Å². The molecule has 1 atom stereocenters. The molecule has 0 saturated carbocycles. The number of carbonyl (C=O) groups excluding carboxylic acids is 2. The van der Waals surface area contributed by atoms with E-state index in [4.69, 9.17) is 0 Å². The first kappa shape index (κ1) is 18.5. The molecule has 3 rings (SSSR count). The van der Waals surface area contributed by atoms with Gasteiger partial charge in [0, 0.05) is 18.3 Å². The number of amides is 2. The molecule has 0 spiro atoms. The average molecular weight is 379 g/mol. The molecule has 26 heavy (non-hydrogen) atoms. The maximum atomic E-state index is 13.2. The van der Waals surface area contributed by atoms with E-state index < -0.39 is 23.4 Å². The zero-order chi connectivity index (χ0) is 18.5. The highest BCUT2D eigenvalue weighted by Gasteiger charge is 2.25. The Morgan fingerprint density at radius 1 is 1.12 bits per heavy atom. The molecule has 0 bridgehead atoms. The molecular weight excluding hydrogens is 360 g/mol. The summed E-state index contributed by atoms with van der Waals surface area (Å²) in [4.78, 5) is 26.3. The number of nitrogens with one attached hydrogen (secondary N) is 2. The highest BCUT2D eigenvalue weighted by molar-refractivity contribution is 7.08. The third kappa shape index (κ3) is 4.44. The second-order valence-corrected chi connectivity index (χ2v) is 6.89. The molecule has 0 radical (unpaired) electrons. The van der Waals surface area contributed by atoms with Gasteiger partial charge in [-0.1, -0.05) is 0 Å². The molecule has 1 aromatic carbocycles. The third-order valence-corrected chi connectivity index (χ3v) is 5.05. The van der Waals surface area contributed by atoms with Crippen LogP contribution in [0.1, 0.15) is 24.4 Å². The Hall–Kier alpha value is -2.32. The van der Waals surface area contributed by atoms with Gasteiger partial charge in [0.2, 0.25) is 0 Å². The Morgan fingerprint density at radius 3 is 2.54 bits per heavy atom. The molecule has 0 aliphatic carbocycles. The van der Waals surface area contributed by atoms with E-state index in [1.807, 2.05) is 16.8 Å². The minimum atomic E-state index is -1.09. The van der Waals surface area contributed by atoms with Gasteiger partial charge in [0.1, 0.15) is 0 Å². The number of halogens is 2. The quantitative estimate of drug-likeness (QED) is 0.786. The van der Waals surface area contributed by atoms with Crippen LogP contribution in [0.3, 0.4) is 0 Å². The standard InChI is InChI=1S/C18H19F2N3O2S/c19-14-4-3-13(9-15(14)20)22-18(25)17(24)21-10-16(12-5-8-26-11-12)23-6-1-2-7-23/h3-5,8-9,11,16H,1-2,6-7,10H2,(H,21,24)(H,22,25)/t16-/m0/s1. The Morgan fingerprint density at radius 2 is 1.88 bits per heavy atom. The van der Waals surface area contributed by atoms with E-state index in [-0.39, 0.29) is 11.7 Å². The van der Waals surface area contributed by atoms with E-state index in [1.165, 1.54) is 6.07 Å². The van der Waals surface area contributed by atoms with Crippen molar-refractivity contribution in [2.75, 3.05) is 25.0 Å². The Kier molecular flexibility index (Phi) is 5.95. The molecule has 8 heteroatoms. The summed E-state index contributed by atoms with van der Waals surface area (Å²) in [5.41, 5.74) is 1.14. The maximum absolute atomic E-state index is 13.2. The van der Waals surface area contributed by atoms with Gasteiger partial charge in [-0.3, -0.25) is 14.5 Å². The predicted octanol–water partition coefficient (Wildman–Crippen LogP) is 2.92. The molecule has 1 aliphatic heterocycles. The molecule has 1 fully saturated rings. The second kappa shape index (κ2) is 8.37. The van der Waals surface area contributed by atoms with Crippen molar-refractivity contribution in [3.05, 3.63) is 52.2 Å². The van der Waals surface area contributed by atoms with Crippen LogP contribution in [-0.4, -0.2) is 36.3 Å². The Bertz CT molecular complexity index is 777. The molecule has 2 aromatic rings. The lowest BCUT2D eigenvalue weighted by atomic mass is 10.1. The SMILES string of the molecule is O=C(NC[C@@H](c1ccsc1)N1CCCC1)C(=O)Nc1ccc(F)c(F)c1. The molecule has 2 amide bonds. The summed E-state index contributed by atoms with van der Waals surface area (Å²) in [7, 11) is 0. The van der Waals surface area contributed by atoms with Crippen LogP contribution in [0, 0.1) is 11.6 Å². The van der Waals surface area contributed by atoms with Gasteiger partial charge in [-0.2, -0.15) is 11.3 Å². The first-order valence-corrected chi connectivity index (χ1v) is 9.29. The third-order valence-electron chi connectivity index (χ3n) is 4.35. The molecule has 1 aliphatic rings. The van der Waals surface area contributed by atoms with Crippen molar-refractivity contribution >= 4 is 28.8 Å². The van der Waals surface area contributed by atoms with Crippen LogP contribution in [0.5, 0.6) is 0 Å². The van der Waals surface area contributed by atoms with E-state index in [2.05, 4.69) is 15.5 Å². The molecule has 2 heterocycles. The van der Waals surface area contributed by atoms with Crippen molar-refractivity contribution in [3.8, 4) is 0 Å². The minimum absolute atomic E-state index is 0.0174. The van der Waals surface area contributed by atoms with E-state index in [9.17, 15) is 18.4 Å². The molecule has 1 saturated heterocycles. The normalized spacial score (nSPS) is 15.6. The Labute approximate surface area is 154 Å². The number of benzene rings is 1. The molecule has 0 unspecified atom stereocenters. The largest absolute Gasteiger partial charge is 0.346 e. The number of anilines is 1. The minimum Gasteiger partial charge on any atom is -0.346 e. The zero-order valence-corrected chi connectivity index (χ0v) is 14.8. The van der Waals surface area contributed by atoms with Gasteiger partial charge in [0.05, 0.1) is 6.04 Å². The highest BCUT2D eigenvalue weighted by Crippen LogP contribution is 2.26. The van der Waals surface area contributed by atoms with E-state index in [1.54, 1.807) is 11.3 Å². The van der Waals surface area contributed by atoms with Crippen LogP contribution in [0.2, 0.25) is 0 Å². The predicted molar refractivity (Wildman–Crippen MR) is 95.9 cm³/mol. The van der Waals surface area contributed by atoms with Gasteiger partial charge in [-0.25, -0.2) is 8.78 Å². The maximum Gasteiger partial charge on any atom is 0.313 e. The van der Waals surface area contributed by atoms with Crippen molar-refractivity contribution in [1.29, 1.82) is 0 Å². The molecule has 5 nitrogen and oxygen atoms in total. The average Bonchev–Trinajstić information content (AvgIpc) is 3.32. The van der Waals surface area contributed by atoms with Crippen LogP contribution in [-0.2, 0) is 9.59 Å². The number of likely N-dealkylation sites (tertiary alicyclic amines) is 1. The first-order chi connectivity index (χ1) is 12.5. The molecule has 2 N–H and O–H groups in total. The van der Waals surface area contributed by atoms with Crippen LogP contribution < -0.4 is 10.6 Å². The van der Waals surface area contributed by atoms with Gasteiger partial charge in [0.25, 0.3) is 0 Å². The fraction of sp³-hybridized carbons (Fsp3) is 0.333. The Balaban J connectivity index is 1.58. The first-order valence-electron chi connectivity index (χ1n) is 8.35.